The maximum atomic E-state index is 11.5. The monoisotopic (exact) mass is 582 g/mol. The lowest BCUT2D eigenvalue weighted by molar-refractivity contribution is -0.148. The number of rotatable bonds is 22. The molecule has 2 atom stereocenters. The van der Waals surface area contributed by atoms with Crippen LogP contribution in [0.3, 0.4) is 0 Å². The van der Waals surface area contributed by atoms with Gasteiger partial charge in [0, 0.05) is 0 Å². The Balaban J connectivity index is 0.000000448. The molecule has 0 heterocycles. The number of carboxylic acid groups (broad SMARTS) is 1. The fourth-order valence-corrected chi connectivity index (χ4v) is 5.07. The van der Waals surface area contributed by atoms with Crippen LogP contribution >= 0.6 is 0 Å². The van der Waals surface area contributed by atoms with E-state index in [9.17, 15) is 9.59 Å². The molecule has 2 rings (SSSR count). The molecule has 0 amide bonds. The number of aromatic carboxylic acids is 1. The smallest absolute Gasteiger partial charge is 0.335 e. The van der Waals surface area contributed by atoms with Gasteiger partial charge in [-0.05, 0) is 53.6 Å². The molecule has 2 aromatic rings. The molecule has 0 aliphatic heterocycles. The first-order valence-electron chi connectivity index (χ1n) is 17.3. The molecule has 4 heteroatoms. The first kappa shape index (κ1) is 37.7. The highest BCUT2D eigenvalue weighted by molar-refractivity contribution is 5.94. The first-order chi connectivity index (χ1) is 20.3. The summed E-state index contributed by atoms with van der Waals surface area (Å²) in [6.07, 6.45) is 23.9. The summed E-state index contributed by atoms with van der Waals surface area (Å²) in [4.78, 5) is 22.4. The van der Waals surface area contributed by atoms with Crippen molar-refractivity contribution in [1.82, 2.24) is 0 Å². The Hall–Kier alpha value is -2.36. The van der Waals surface area contributed by atoms with Gasteiger partial charge in [-0.2, -0.15) is 0 Å². The van der Waals surface area contributed by atoms with Crippen LogP contribution in [0.1, 0.15) is 172 Å². The molecule has 238 valence electrons. The zero-order chi connectivity index (χ0) is 31.0. The highest BCUT2D eigenvalue weighted by atomic mass is 16.5. The van der Waals surface area contributed by atoms with Crippen LogP contribution in [0.4, 0.5) is 0 Å². The third-order valence-electron chi connectivity index (χ3n) is 8.55. The summed E-state index contributed by atoms with van der Waals surface area (Å²) >= 11 is 0. The van der Waals surface area contributed by atoms with Gasteiger partial charge in [0.15, 0.2) is 0 Å². The second kappa shape index (κ2) is 24.1. The number of unbranched alkanes of at least 4 members (excludes halogenated alkanes) is 15. The number of carboxylic acids is 1. The first-order valence-corrected chi connectivity index (χ1v) is 17.3. The van der Waals surface area contributed by atoms with Gasteiger partial charge in [0.2, 0.25) is 0 Å². The van der Waals surface area contributed by atoms with E-state index in [2.05, 4.69) is 32.9 Å². The summed E-state index contributed by atoms with van der Waals surface area (Å²) in [6.45, 7) is 11.2. The van der Waals surface area contributed by atoms with Crippen molar-refractivity contribution < 1.29 is 19.4 Å². The van der Waals surface area contributed by atoms with Crippen LogP contribution in [0.5, 0.6) is 0 Å². The Morgan fingerprint density at radius 2 is 1.12 bits per heavy atom. The van der Waals surface area contributed by atoms with Crippen molar-refractivity contribution in [2.75, 3.05) is 6.61 Å². The van der Waals surface area contributed by atoms with Gasteiger partial charge in [0.25, 0.3) is 0 Å². The van der Waals surface area contributed by atoms with Crippen LogP contribution in [-0.4, -0.2) is 23.7 Å². The van der Waals surface area contributed by atoms with Gasteiger partial charge in [-0.1, -0.05) is 155 Å². The van der Waals surface area contributed by atoms with Crippen molar-refractivity contribution in [2.45, 2.75) is 156 Å². The van der Waals surface area contributed by atoms with Gasteiger partial charge in [-0.25, -0.2) is 4.79 Å². The van der Waals surface area contributed by atoms with Crippen molar-refractivity contribution in [1.29, 1.82) is 0 Å². The summed E-state index contributed by atoms with van der Waals surface area (Å²) in [6, 6.07) is 11.5. The molecule has 0 saturated heterocycles. The number of ether oxygens (including phenoxy) is 1. The molecule has 0 bridgehead atoms. The Morgan fingerprint density at radius 1 is 0.643 bits per heavy atom. The molecule has 0 fully saturated rings. The van der Waals surface area contributed by atoms with E-state index in [-0.39, 0.29) is 11.9 Å². The predicted octanol–water partition coefficient (Wildman–Crippen LogP) is 11.9. The molecule has 2 aromatic carbocycles. The summed E-state index contributed by atoms with van der Waals surface area (Å²) in [5, 5.41) is 11.0. The number of hydrogen-bond acceptors (Lipinski definition) is 3. The van der Waals surface area contributed by atoms with E-state index in [1.807, 2.05) is 26.0 Å². The van der Waals surface area contributed by atoms with Crippen LogP contribution in [-0.2, 0) is 9.53 Å². The van der Waals surface area contributed by atoms with Crippen molar-refractivity contribution in [3.63, 3.8) is 0 Å². The summed E-state index contributed by atoms with van der Waals surface area (Å²) in [7, 11) is 0. The fourth-order valence-electron chi connectivity index (χ4n) is 5.07. The minimum absolute atomic E-state index is 0.0246. The molecule has 2 unspecified atom stereocenters. The van der Waals surface area contributed by atoms with E-state index in [1.54, 1.807) is 12.1 Å². The highest BCUT2D eigenvalue weighted by Crippen LogP contribution is 2.24. The number of esters is 1. The Labute approximate surface area is 258 Å². The molecule has 0 aromatic heterocycles. The van der Waals surface area contributed by atoms with E-state index < -0.39 is 5.97 Å². The summed E-state index contributed by atoms with van der Waals surface area (Å²) < 4.78 is 5.27. The molecule has 0 aliphatic rings. The third kappa shape index (κ3) is 16.9. The second-order valence-corrected chi connectivity index (χ2v) is 12.2. The van der Waals surface area contributed by atoms with Gasteiger partial charge in [-0.15, -0.1) is 0 Å². The molecular weight excluding hydrogens is 520 g/mol. The summed E-state index contributed by atoms with van der Waals surface area (Å²) in [5.41, 5.74) is 1.65. The van der Waals surface area contributed by atoms with Gasteiger partial charge in [0.1, 0.15) is 0 Å². The lowest BCUT2D eigenvalue weighted by Crippen LogP contribution is -2.14. The quantitative estimate of drug-likeness (QED) is 0.111. The van der Waals surface area contributed by atoms with Gasteiger partial charge in [0.05, 0.1) is 18.1 Å². The topological polar surface area (TPSA) is 63.6 Å². The zero-order valence-corrected chi connectivity index (χ0v) is 27.7. The maximum absolute atomic E-state index is 11.5. The molecule has 0 spiro atoms. The molecule has 0 radical (unpaired) electrons. The van der Waals surface area contributed by atoms with Gasteiger partial charge >= 0.3 is 11.9 Å². The Kier molecular flexibility index (Phi) is 21.6. The zero-order valence-electron chi connectivity index (χ0n) is 27.7. The lowest BCUT2D eigenvalue weighted by Gasteiger charge is -2.10. The van der Waals surface area contributed by atoms with Crippen molar-refractivity contribution in [3.05, 3.63) is 47.5 Å². The molecule has 0 saturated carbocycles. The Morgan fingerprint density at radius 3 is 1.60 bits per heavy atom. The van der Waals surface area contributed by atoms with Crippen LogP contribution in [0.25, 0.3) is 10.8 Å². The SMILES string of the molecule is CCC(C)c1ccc2cc(C(=O)O)ccc2c1.CCCCCCCCCCCCCCCCCCOC(=O)C(C)CC. The van der Waals surface area contributed by atoms with Crippen molar-refractivity contribution >= 4 is 22.7 Å². The lowest BCUT2D eigenvalue weighted by atomic mass is 9.95. The molecule has 0 aliphatic carbocycles. The number of carbonyl (C=O) groups excluding carboxylic acids is 1. The summed E-state index contributed by atoms with van der Waals surface area (Å²) in [5.74, 6) is -0.305. The van der Waals surface area contributed by atoms with Crippen molar-refractivity contribution in [2.24, 2.45) is 5.92 Å². The number of carbonyl (C=O) groups is 2. The van der Waals surface area contributed by atoms with Crippen LogP contribution in [0.15, 0.2) is 36.4 Å². The Bertz CT molecular complexity index is 982. The molecule has 4 nitrogen and oxygen atoms in total. The average Bonchev–Trinajstić information content (AvgIpc) is 3.01. The van der Waals surface area contributed by atoms with Crippen molar-refractivity contribution in [3.8, 4) is 0 Å². The second-order valence-electron chi connectivity index (χ2n) is 12.2. The van der Waals surface area contributed by atoms with E-state index >= 15 is 0 Å². The molecule has 42 heavy (non-hydrogen) atoms. The normalized spacial score (nSPS) is 12.4. The standard InChI is InChI=1S/C23H46O2.C15H16O2/c1-4-6-7-8-9-10-11-12-13-14-15-16-17-18-19-20-21-25-23(24)22(3)5-2;1-3-10(2)11-4-5-13-9-14(15(16)17)7-6-12(13)8-11/h22H,4-21H2,1-3H3;4-10H,3H2,1-2H3,(H,16,17). The fraction of sp³-hybridized carbons (Fsp3) is 0.684. The average molecular weight is 583 g/mol. The molecule has 1 N–H and O–H groups in total. The minimum Gasteiger partial charge on any atom is -0.478 e. The highest BCUT2D eigenvalue weighted by Gasteiger charge is 2.11. The van der Waals surface area contributed by atoms with Gasteiger partial charge in [-0.3, -0.25) is 4.79 Å². The number of fused-ring (bicyclic) bond motifs is 1. The van der Waals surface area contributed by atoms with E-state index in [0.29, 0.717) is 18.1 Å². The van der Waals surface area contributed by atoms with Gasteiger partial charge < -0.3 is 9.84 Å². The van der Waals surface area contributed by atoms with Crippen LogP contribution < -0.4 is 0 Å². The maximum Gasteiger partial charge on any atom is 0.335 e. The predicted molar refractivity (Wildman–Crippen MR) is 180 cm³/mol. The number of benzene rings is 2. The molecular formula is C38H62O4. The third-order valence-corrected chi connectivity index (χ3v) is 8.55. The van der Waals surface area contributed by atoms with Crippen LogP contribution in [0, 0.1) is 5.92 Å². The largest absolute Gasteiger partial charge is 0.478 e. The van der Waals surface area contributed by atoms with Crippen LogP contribution in [0.2, 0.25) is 0 Å². The van der Waals surface area contributed by atoms with E-state index in [0.717, 1.165) is 30.0 Å². The van der Waals surface area contributed by atoms with E-state index in [1.165, 1.54) is 102 Å². The van der Waals surface area contributed by atoms with E-state index in [4.69, 9.17) is 9.84 Å². The number of hydrogen-bond donors (Lipinski definition) is 1. The minimum atomic E-state index is -0.877.